The first-order valence-corrected chi connectivity index (χ1v) is 8.34. The average molecular weight is 314 g/mol. The van der Waals surface area contributed by atoms with Crippen LogP contribution in [0.2, 0.25) is 0 Å². The van der Waals surface area contributed by atoms with Crippen LogP contribution in [0.5, 0.6) is 0 Å². The molecule has 2 aliphatic rings. The standard InChI is InChI=1S/C16H22N6O/c23-13-7-9-21(10-8-13)15-4-2-1-3-14(15)17-11-16-18-19-20-22(16)12-5-6-12/h1-4,12-13,17,23H,5-11H2. The van der Waals surface area contributed by atoms with Gasteiger partial charge in [-0.15, -0.1) is 5.10 Å². The Morgan fingerprint density at radius 1 is 1.13 bits per heavy atom. The summed E-state index contributed by atoms with van der Waals surface area (Å²) < 4.78 is 1.94. The van der Waals surface area contributed by atoms with E-state index in [0.29, 0.717) is 12.6 Å². The molecular weight excluding hydrogens is 292 g/mol. The van der Waals surface area contributed by atoms with Gasteiger partial charge < -0.3 is 15.3 Å². The van der Waals surface area contributed by atoms with Crippen molar-refractivity contribution in [3.05, 3.63) is 30.1 Å². The van der Waals surface area contributed by atoms with Gasteiger partial charge in [0.05, 0.1) is 30.1 Å². The first-order valence-electron chi connectivity index (χ1n) is 8.34. The van der Waals surface area contributed by atoms with Crippen molar-refractivity contribution in [2.24, 2.45) is 0 Å². The number of aliphatic hydroxyl groups excluding tert-OH is 1. The van der Waals surface area contributed by atoms with Crippen LogP contribution in [0.15, 0.2) is 24.3 Å². The molecule has 1 aliphatic heterocycles. The molecule has 2 fully saturated rings. The van der Waals surface area contributed by atoms with Gasteiger partial charge in [0.25, 0.3) is 0 Å². The predicted molar refractivity (Wildman–Crippen MR) is 87.3 cm³/mol. The Labute approximate surface area is 135 Å². The third-order valence-electron chi connectivity index (χ3n) is 4.60. The fraction of sp³-hybridized carbons (Fsp3) is 0.562. The van der Waals surface area contributed by atoms with Crippen molar-refractivity contribution < 1.29 is 5.11 Å². The molecule has 1 aliphatic carbocycles. The summed E-state index contributed by atoms with van der Waals surface area (Å²) in [7, 11) is 0. The van der Waals surface area contributed by atoms with Gasteiger partial charge in [0.15, 0.2) is 5.82 Å². The molecule has 0 atom stereocenters. The van der Waals surface area contributed by atoms with E-state index in [1.54, 1.807) is 0 Å². The number of rotatable bonds is 5. The van der Waals surface area contributed by atoms with Gasteiger partial charge in [0.1, 0.15) is 0 Å². The summed E-state index contributed by atoms with van der Waals surface area (Å²) in [5, 5.41) is 25.2. The van der Waals surface area contributed by atoms with Crippen molar-refractivity contribution in [1.82, 2.24) is 20.2 Å². The van der Waals surface area contributed by atoms with Crippen LogP contribution in [0.25, 0.3) is 0 Å². The number of benzene rings is 1. The number of hydrogen-bond acceptors (Lipinski definition) is 6. The molecule has 0 spiro atoms. The second-order valence-corrected chi connectivity index (χ2v) is 6.36. The lowest BCUT2D eigenvalue weighted by Crippen LogP contribution is -2.36. The van der Waals surface area contributed by atoms with Gasteiger partial charge in [0.2, 0.25) is 0 Å². The van der Waals surface area contributed by atoms with Gasteiger partial charge in [-0.25, -0.2) is 4.68 Å². The number of para-hydroxylation sites is 2. The van der Waals surface area contributed by atoms with Gasteiger partial charge in [-0.2, -0.15) is 0 Å². The van der Waals surface area contributed by atoms with Gasteiger partial charge in [-0.3, -0.25) is 0 Å². The van der Waals surface area contributed by atoms with Crippen molar-refractivity contribution in [2.45, 2.75) is 44.4 Å². The number of nitrogens with one attached hydrogen (secondary N) is 1. The highest BCUT2D eigenvalue weighted by Crippen LogP contribution is 2.34. The van der Waals surface area contributed by atoms with Crippen molar-refractivity contribution in [2.75, 3.05) is 23.3 Å². The minimum absolute atomic E-state index is 0.158. The molecule has 2 heterocycles. The first kappa shape index (κ1) is 14.4. The van der Waals surface area contributed by atoms with Crippen LogP contribution >= 0.6 is 0 Å². The number of hydrogen-bond donors (Lipinski definition) is 2. The van der Waals surface area contributed by atoms with E-state index in [1.807, 2.05) is 10.7 Å². The van der Waals surface area contributed by atoms with Crippen LogP contribution in [-0.4, -0.2) is 44.5 Å². The monoisotopic (exact) mass is 314 g/mol. The Balaban J connectivity index is 1.47. The summed E-state index contributed by atoms with van der Waals surface area (Å²) in [6.45, 7) is 2.40. The summed E-state index contributed by atoms with van der Waals surface area (Å²) in [5.41, 5.74) is 2.28. The molecule has 122 valence electrons. The summed E-state index contributed by atoms with van der Waals surface area (Å²) in [5.74, 6) is 0.886. The number of tetrazole rings is 1. The molecule has 4 rings (SSSR count). The quantitative estimate of drug-likeness (QED) is 0.872. The zero-order chi connectivity index (χ0) is 15.6. The van der Waals surface area contributed by atoms with Crippen molar-refractivity contribution >= 4 is 11.4 Å². The Hall–Kier alpha value is -2.15. The molecular formula is C16H22N6O. The second kappa shape index (κ2) is 6.16. The maximum Gasteiger partial charge on any atom is 0.170 e. The van der Waals surface area contributed by atoms with Crippen LogP contribution in [0.3, 0.4) is 0 Å². The Morgan fingerprint density at radius 2 is 1.91 bits per heavy atom. The van der Waals surface area contributed by atoms with Gasteiger partial charge in [-0.1, -0.05) is 12.1 Å². The first-order chi connectivity index (χ1) is 11.3. The van der Waals surface area contributed by atoms with E-state index in [4.69, 9.17) is 0 Å². The second-order valence-electron chi connectivity index (χ2n) is 6.36. The average Bonchev–Trinajstić information content (AvgIpc) is 3.32. The maximum absolute atomic E-state index is 9.69. The Morgan fingerprint density at radius 3 is 2.70 bits per heavy atom. The fourth-order valence-corrected chi connectivity index (χ4v) is 3.11. The molecule has 0 amide bonds. The van der Waals surface area contributed by atoms with Crippen molar-refractivity contribution in [3.63, 3.8) is 0 Å². The molecule has 2 aromatic rings. The third kappa shape index (κ3) is 3.14. The highest BCUT2D eigenvalue weighted by atomic mass is 16.3. The van der Waals surface area contributed by atoms with Crippen molar-refractivity contribution in [3.8, 4) is 0 Å². The lowest BCUT2D eigenvalue weighted by molar-refractivity contribution is 0.145. The lowest BCUT2D eigenvalue weighted by atomic mass is 10.1. The van der Waals surface area contributed by atoms with Crippen LogP contribution in [0, 0.1) is 0 Å². The summed E-state index contributed by atoms with van der Waals surface area (Å²) >= 11 is 0. The topological polar surface area (TPSA) is 79.1 Å². The molecule has 0 unspecified atom stereocenters. The molecule has 0 bridgehead atoms. The minimum Gasteiger partial charge on any atom is -0.393 e. The number of nitrogens with zero attached hydrogens (tertiary/aromatic N) is 5. The van der Waals surface area contributed by atoms with E-state index in [-0.39, 0.29) is 6.10 Å². The van der Waals surface area contributed by atoms with E-state index < -0.39 is 0 Å². The minimum atomic E-state index is -0.158. The Bertz CT molecular complexity index is 660. The number of aromatic nitrogens is 4. The fourth-order valence-electron chi connectivity index (χ4n) is 3.11. The van der Waals surface area contributed by atoms with Gasteiger partial charge in [-0.05, 0) is 48.2 Å². The molecule has 7 nitrogen and oxygen atoms in total. The number of anilines is 2. The van der Waals surface area contributed by atoms with E-state index in [9.17, 15) is 5.11 Å². The highest BCUT2D eigenvalue weighted by Gasteiger charge is 2.27. The zero-order valence-corrected chi connectivity index (χ0v) is 13.1. The summed E-state index contributed by atoms with van der Waals surface area (Å²) in [6.07, 6.45) is 3.84. The van der Waals surface area contributed by atoms with Crippen LogP contribution in [0.4, 0.5) is 11.4 Å². The highest BCUT2D eigenvalue weighted by molar-refractivity contribution is 5.70. The van der Waals surface area contributed by atoms with Crippen LogP contribution in [-0.2, 0) is 6.54 Å². The van der Waals surface area contributed by atoms with E-state index in [1.165, 1.54) is 18.5 Å². The molecule has 23 heavy (non-hydrogen) atoms. The molecule has 7 heteroatoms. The smallest absolute Gasteiger partial charge is 0.170 e. The van der Waals surface area contributed by atoms with Gasteiger partial charge in [0, 0.05) is 13.1 Å². The maximum atomic E-state index is 9.69. The van der Waals surface area contributed by atoms with Crippen LogP contribution in [0.1, 0.15) is 37.5 Å². The lowest BCUT2D eigenvalue weighted by Gasteiger charge is -2.32. The van der Waals surface area contributed by atoms with E-state index in [2.05, 4.69) is 43.9 Å². The summed E-state index contributed by atoms with van der Waals surface area (Å²) in [4.78, 5) is 2.33. The Kier molecular flexibility index (Phi) is 3.87. The number of aliphatic hydroxyl groups is 1. The largest absolute Gasteiger partial charge is 0.393 e. The molecule has 1 aromatic heterocycles. The molecule has 1 saturated heterocycles. The molecule has 1 aromatic carbocycles. The normalized spacial score (nSPS) is 19.1. The van der Waals surface area contributed by atoms with Gasteiger partial charge >= 0.3 is 0 Å². The molecule has 0 radical (unpaired) electrons. The number of piperidine rings is 1. The third-order valence-corrected chi connectivity index (χ3v) is 4.60. The molecule has 2 N–H and O–H groups in total. The molecule has 1 saturated carbocycles. The van der Waals surface area contributed by atoms with Crippen molar-refractivity contribution in [1.29, 1.82) is 0 Å². The van der Waals surface area contributed by atoms with E-state index >= 15 is 0 Å². The van der Waals surface area contributed by atoms with Crippen LogP contribution < -0.4 is 10.2 Å². The summed E-state index contributed by atoms with van der Waals surface area (Å²) in [6, 6.07) is 8.80. The SMILES string of the molecule is OC1CCN(c2ccccc2NCc2nnnn2C2CC2)CC1. The predicted octanol–water partition coefficient (Wildman–Crippen LogP) is 1.58. The zero-order valence-electron chi connectivity index (χ0n) is 13.1. The van der Waals surface area contributed by atoms with E-state index in [0.717, 1.165) is 37.4 Å².